The molecule has 0 radical (unpaired) electrons. The zero-order chi connectivity index (χ0) is 13.9. The van der Waals surface area contributed by atoms with Crippen molar-refractivity contribution >= 4 is 16.6 Å². The van der Waals surface area contributed by atoms with Gasteiger partial charge in [0.25, 0.3) is 0 Å². The Hall–Kier alpha value is -1.88. The molecular formula is C14H19N3O2. The zero-order valence-corrected chi connectivity index (χ0v) is 11.5. The molecule has 5 nitrogen and oxygen atoms in total. The second-order valence-corrected chi connectivity index (χ2v) is 5.02. The molecule has 0 unspecified atom stereocenters. The van der Waals surface area contributed by atoms with Crippen LogP contribution in [0.2, 0.25) is 0 Å². The van der Waals surface area contributed by atoms with E-state index in [1.807, 2.05) is 32.0 Å². The first-order valence-electron chi connectivity index (χ1n) is 6.20. The number of fused-ring (bicyclic) bond motifs is 1. The second kappa shape index (κ2) is 5.40. The zero-order valence-electron chi connectivity index (χ0n) is 11.5. The Morgan fingerprint density at radius 1 is 1.26 bits per heavy atom. The predicted octanol–water partition coefficient (Wildman–Crippen LogP) is 2.41. The molecule has 2 rings (SSSR count). The van der Waals surface area contributed by atoms with Gasteiger partial charge in [0.1, 0.15) is 6.33 Å². The van der Waals surface area contributed by atoms with Gasteiger partial charge in [0, 0.05) is 19.2 Å². The van der Waals surface area contributed by atoms with Crippen LogP contribution >= 0.6 is 0 Å². The second-order valence-electron chi connectivity index (χ2n) is 5.02. The molecule has 2 N–H and O–H groups in total. The van der Waals surface area contributed by atoms with E-state index in [-0.39, 0.29) is 5.60 Å². The van der Waals surface area contributed by atoms with Gasteiger partial charge in [0.05, 0.1) is 23.1 Å². The summed E-state index contributed by atoms with van der Waals surface area (Å²) in [6.45, 7) is 4.57. The molecule has 0 aliphatic carbocycles. The van der Waals surface area contributed by atoms with Crippen LogP contribution in [-0.4, -0.2) is 29.3 Å². The number of methoxy groups -OCH3 is 1. The molecule has 0 aliphatic rings. The number of nitrogens with two attached hydrogens (primary N) is 1. The third kappa shape index (κ3) is 3.32. The maximum absolute atomic E-state index is 5.78. The van der Waals surface area contributed by atoms with Crippen LogP contribution in [0.25, 0.3) is 10.9 Å². The van der Waals surface area contributed by atoms with Gasteiger partial charge >= 0.3 is 0 Å². The van der Waals surface area contributed by atoms with Crippen LogP contribution in [0.5, 0.6) is 5.88 Å². The van der Waals surface area contributed by atoms with E-state index in [4.69, 9.17) is 15.2 Å². The third-order valence-corrected chi connectivity index (χ3v) is 3.12. The molecule has 5 heteroatoms. The van der Waals surface area contributed by atoms with E-state index in [1.54, 1.807) is 7.11 Å². The topological polar surface area (TPSA) is 70.3 Å². The van der Waals surface area contributed by atoms with E-state index >= 15 is 0 Å². The number of hydrogen-bond acceptors (Lipinski definition) is 5. The number of anilines is 1. The lowest BCUT2D eigenvalue weighted by molar-refractivity contribution is 0.00522. The molecule has 0 aliphatic heterocycles. The highest BCUT2D eigenvalue weighted by Gasteiger charge is 2.16. The first-order chi connectivity index (χ1) is 9.02. The maximum Gasteiger partial charge on any atom is 0.224 e. The summed E-state index contributed by atoms with van der Waals surface area (Å²) in [6, 6.07) is 5.50. The molecule has 19 heavy (non-hydrogen) atoms. The van der Waals surface area contributed by atoms with Gasteiger partial charge in [-0.2, -0.15) is 0 Å². The minimum atomic E-state index is -0.206. The Morgan fingerprint density at radius 2 is 2.05 bits per heavy atom. The summed E-state index contributed by atoms with van der Waals surface area (Å²) in [5.41, 5.74) is 7.07. The fourth-order valence-electron chi connectivity index (χ4n) is 1.66. The number of nitrogen functional groups attached to an aromatic ring is 1. The number of hydrogen-bond donors (Lipinski definition) is 1. The van der Waals surface area contributed by atoms with E-state index in [0.717, 1.165) is 17.3 Å². The fraction of sp³-hybridized carbons (Fsp3) is 0.429. The largest absolute Gasteiger partial charge is 0.477 e. The Morgan fingerprint density at radius 3 is 2.79 bits per heavy atom. The van der Waals surface area contributed by atoms with Gasteiger partial charge < -0.3 is 15.2 Å². The lowest BCUT2D eigenvalue weighted by Crippen LogP contribution is -2.25. The molecule has 0 fully saturated rings. The van der Waals surface area contributed by atoms with Crippen LogP contribution in [0, 0.1) is 0 Å². The molecule has 2 aromatic rings. The van der Waals surface area contributed by atoms with Crippen molar-refractivity contribution in [2.24, 2.45) is 0 Å². The van der Waals surface area contributed by atoms with Crippen LogP contribution in [0.3, 0.4) is 0 Å². The van der Waals surface area contributed by atoms with Gasteiger partial charge in [-0.1, -0.05) is 0 Å². The summed E-state index contributed by atoms with van der Waals surface area (Å²) in [4.78, 5) is 8.35. The van der Waals surface area contributed by atoms with Crippen LogP contribution in [0.4, 0.5) is 5.69 Å². The van der Waals surface area contributed by atoms with Gasteiger partial charge in [0.2, 0.25) is 5.88 Å². The van der Waals surface area contributed by atoms with Crippen molar-refractivity contribution in [1.82, 2.24) is 9.97 Å². The highest BCUT2D eigenvalue weighted by Crippen LogP contribution is 2.24. The van der Waals surface area contributed by atoms with Gasteiger partial charge in [-0.15, -0.1) is 0 Å². The van der Waals surface area contributed by atoms with E-state index in [2.05, 4.69) is 9.97 Å². The quantitative estimate of drug-likeness (QED) is 0.837. The minimum Gasteiger partial charge on any atom is -0.477 e. The molecule has 0 bridgehead atoms. The van der Waals surface area contributed by atoms with E-state index < -0.39 is 0 Å². The van der Waals surface area contributed by atoms with E-state index in [0.29, 0.717) is 18.2 Å². The molecule has 0 amide bonds. The molecule has 0 atom stereocenters. The molecule has 1 heterocycles. The highest BCUT2D eigenvalue weighted by molar-refractivity contribution is 5.86. The van der Waals surface area contributed by atoms with Crippen molar-refractivity contribution in [2.75, 3.05) is 19.5 Å². The van der Waals surface area contributed by atoms with Gasteiger partial charge in [-0.05, 0) is 32.0 Å². The SMILES string of the molecule is COC(C)(C)CCOc1ncnc2ccc(N)cc12. The summed E-state index contributed by atoms with van der Waals surface area (Å²) in [5, 5.41) is 0.831. The molecular weight excluding hydrogens is 242 g/mol. The average molecular weight is 261 g/mol. The van der Waals surface area contributed by atoms with Crippen molar-refractivity contribution in [3.05, 3.63) is 24.5 Å². The van der Waals surface area contributed by atoms with Crippen molar-refractivity contribution in [1.29, 1.82) is 0 Å². The Kier molecular flexibility index (Phi) is 3.85. The van der Waals surface area contributed by atoms with Crippen LogP contribution in [0.1, 0.15) is 20.3 Å². The van der Waals surface area contributed by atoms with Crippen LogP contribution < -0.4 is 10.5 Å². The summed E-state index contributed by atoms with van der Waals surface area (Å²) >= 11 is 0. The maximum atomic E-state index is 5.78. The molecule has 0 spiro atoms. The summed E-state index contributed by atoms with van der Waals surface area (Å²) < 4.78 is 11.1. The molecule has 0 saturated carbocycles. The van der Waals surface area contributed by atoms with Crippen LogP contribution in [-0.2, 0) is 4.74 Å². The van der Waals surface area contributed by atoms with Crippen molar-refractivity contribution in [3.63, 3.8) is 0 Å². The monoisotopic (exact) mass is 261 g/mol. The fourth-order valence-corrected chi connectivity index (χ4v) is 1.66. The van der Waals surface area contributed by atoms with Crippen molar-refractivity contribution in [3.8, 4) is 5.88 Å². The van der Waals surface area contributed by atoms with Gasteiger partial charge in [0.15, 0.2) is 0 Å². The van der Waals surface area contributed by atoms with Gasteiger partial charge in [-0.25, -0.2) is 9.97 Å². The molecule has 1 aromatic carbocycles. The summed E-state index contributed by atoms with van der Waals surface area (Å²) in [7, 11) is 1.70. The van der Waals surface area contributed by atoms with Gasteiger partial charge in [-0.3, -0.25) is 0 Å². The third-order valence-electron chi connectivity index (χ3n) is 3.12. The van der Waals surface area contributed by atoms with Crippen molar-refractivity contribution in [2.45, 2.75) is 25.9 Å². The number of aromatic nitrogens is 2. The smallest absolute Gasteiger partial charge is 0.224 e. The Bertz CT molecular complexity index is 570. The molecule has 0 saturated heterocycles. The standard InChI is InChI=1S/C14H19N3O2/c1-14(2,18-3)6-7-19-13-11-8-10(15)4-5-12(11)16-9-17-13/h4-5,8-9H,6-7,15H2,1-3H3. The Labute approximate surface area is 112 Å². The normalized spacial score (nSPS) is 11.7. The first-order valence-corrected chi connectivity index (χ1v) is 6.20. The number of rotatable bonds is 5. The summed E-state index contributed by atoms with van der Waals surface area (Å²) in [5.74, 6) is 0.559. The lowest BCUT2D eigenvalue weighted by Gasteiger charge is -2.22. The Balaban J connectivity index is 2.14. The van der Waals surface area contributed by atoms with E-state index in [9.17, 15) is 0 Å². The summed E-state index contributed by atoms with van der Waals surface area (Å²) in [6.07, 6.45) is 2.27. The minimum absolute atomic E-state index is 0.206. The average Bonchev–Trinajstić information content (AvgIpc) is 2.39. The highest BCUT2D eigenvalue weighted by atomic mass is 16.5. The molecule has 102 valence electrons. The number of ether oxygens (including phenoxy) is 2. The molecule has 1 aromatic heterocycles. The van der Waals surface area contributed by atoms with E-state index in [1.165, 1.54) is 6.33 Å². The lowest BCUT2D eigenvalue weighted by atomic mass is 10.1. The number of benzene rings is 1. The van der Waals surface area contributed by atoms with Crippen molar-refractivity contribution < 1.29 is 9.47 Å². The first kappa shape index (κ1) is 13.5. The predicted molar refractivity (Wildman–Crippen MR) is 75.2 cm³/mol. The van der Waals surface area contributed by atoms with Crippen LogP contribution in [0.15, 0.2) is 24.5 Å². The number of nitrogens with zero attached hydrogens (tertiary/aromatic N) is 2.